The van der Waals surface area contributed by atoms with Crippen molar-refractivity contribution in [1.82, 2.24) is 9.88 Å². The van der Waals surface area contributed by atoms with Crippen LogP contribution in [-0.4, -0.2) is 22.1 Å². The minimum Gasteiger partial charge on any atom is -0.399 e. The Labute approximate surface area is 127 Å². The summed E-state index contributed by atoms with van der Waals surface area (Å²) in [6.45, 7) is 1.92. The second kappa shape index (κ2) is 6.49. The Hall–Kier alpha value is -2.21. The number of aromatic nitrogens is 1. The molecule has 1 aromatic carbocycles. The number of hydrogen-bond acceptors (Lipinski definition) is 4. The molecule has 0 fully saturated rings. The molecule has 3 N–H and O–H groups in total. The zero-order valence-electron chi connectivity index (χ0n) is 11.9. The van der Waals surface area contributed by atoms with Gasteiger partial charge < -0.3 is 10.3 Å². The van der Waals surface area contributed by atoms with Crippen molar-refractivity contribution in [3.63, 3.8) is 0 Å². The maximum Gasteiger partial charge on any atom is 0.274 e. The molecule has 0 aliphatic carbocycles. The first-order valence-corrected chi connectivity index (χ1v) is 7.40. The minimum atomic E-state index is -0.387. The number of imide groups is 1. The van der Waals surface area contributed by atoms with Crippen LogP contribution in [0.1, 0.15) is 16.1 Å². The lowest BCUT2D eigenvalue weighted by Gasteiger charge is -2.06. The molecule has 1 aromatic heterocycles. The molecule has 0 atom stereocenters. The average molecular weight is 303 g/mol. The molecule has 0 aliphatic rings. The molecule has 110 valence electrons. The van der Waals surface area contributed by atoms with Crippen molar-refractivity contribution in [2.24, 2.45) is 7.05 Å². The van der Waals surface area contributed by atoms with Crippen LogP contribution in [-0.2, 0) is 11.8 Å². The normalized spacial score (nSPS) is 10.4. The summed E-state index contributed by atoms with van der Waals surface area (Å²) in [6, 6.07) is 9.01. The number of hydrogen-bond donors (Lipinski definition) is 2. The van der Waals surface area contributed by atoms with Crippen LogP contribution in [0.4, 0.5) is 5.69 Å². The summed E-state index contributed by atoms with van der Waals surface area (Å²) in [4.78, 5) is 24.6. The van der Waals surface area contributed by atoms with Crippen LogP contribution in [0.2, 0.25) is 0 Å². The molecule has 2 amide bonds. The maximum atomic E-state index is 11.9. The van der Waals surface area contributed by atoms with Crippen molar-refractivity contribution in [3.05, 3.63) is 47.8 Å². The zero-order chi connectivity index (χ0) is 15.4. The number of aryl methyl sites for hydroxylation is 2. The zero-order valence-corrected chi connectivity index (χ0v) is 12.7. The predicted octanol–water partition coefficient (Wildman–Crippen LogP) is 1.96. The second-order valence-corrected chi connectivity index (χ2v) is 5.74. The van der Waals surface area contributed by atoms with E-state index in [9.17, 15) is 9.59 Å². The number of nitrogens with one attached hydrogen (secondary N) is 1. The van der Waals surface area contributed by atoms with E-state index in [-0.39, 0.29) is 17.6 Å². The second-order valence-electron chi connectivity index (χ2n) is 4.69. The first-order chi connectivity index (χ1) is 9.97. The minimum absolute atomic E-state index is 0.180. The maximum absolute atomic E-state index is 11.9. The number of anilines is 1. The van der Waals surface area contributed by atoms with E-state index in [1.54, 1.807) is 29.9 Å². The van der Waals surface area contributed by atoms with Crippen LogP contribution in [0.5, 0.6) is 0 Å². The molecule has 6 heteroatoms. The standard InChI is InChI=1S/C15H17N3O2S/c1-10-8-11(5-6-12(10)16)21-9-14(19)17-15(20)13-4-3-7-18(13)2/h3-8H,9,16H2,1-2H3,(H,17,19,20). The van der Waals surface area contributed by atoms with E-state index < -0.39 is 0 Å². The Balaban J connectivity index is 1.89. The smallest absolute Gasteiger partial charge is 0.274 e. The summed E-state index contributed by atoms with van der Waals surface area (Å²) < 4.78 is 1.67. The number of rotatable bonds is 4. The highest BCUT2D eigenvalue weighted by molar-refractivity contribution is 8.00. The Kier molecular flexibility index (Phi) is 4.70. The molecule has 0 saturated heterocycles. The molecular weight excluding hydrogens is 286 g/mol. The lowest BCUT2D eigenvalue weighted by Crippen LogP contribution is -2.32. The Morgan fingerprint density at radius 1 is 1.33 bits per heavy atom. The summed E-state index contributed by atoms with van der Waals surface area (Å²) in [6.07, 6.45) is 1.76. The molecule has 0 aliphatic heterocycles. The highest BCUT2D eigenvalue weighted by atomic mass is 32.2. The summed E-state index contributed by atoms with van der Waals surface area (Å²) >= 11 is 1.37. The van der Waals surface area contributed by atoms with Crippen molar-refractivity contribution in [1.29, 1.82) is 0 Å². The predicted molar refractivity (Wildman–Crippen MR) is 84.2 cm³/mol. The summed E-state index contributed by atoms with van der Waals surface area (Å²) in [7, 11) is 1.76. The van der Waals surface area contributed by atoms with Gasteiger partial charge in [0.05, 0.1) is 5.75 Å². The van der Waals surface area contributed by atoms with Crippen molar-refractivity contribution in [2.75, 3.05) is 11.5 Å². The van der Waals surface area contributed by atoms with E-state index in [1.807, 2.05) is 25.1 Å². The third-order valence-electron chi connectivity index (χ3n) is 3.04. The van der Waals surface area contributed by atoms with Crippen molar-refractivity contribution >= 4 is 29.3 Å². The summed E-state index contributed by atoms with van der Waals surface area (Å²) in [5.41, 5.74) is 7.90. The fraction of sp³-hybridized carbons (Fsp3) is 0.200. The molecule has 2 rings (SSSR count). The monoisotopic (exact) mass is 303 g/mol. The Morgan fingerprint density at radius 3 is 2.71 bits per heavy atom. The van der Waals surface area contributed by atoms with Gasteiger partial charge in [-0.2, -0.15) is 0 Å². The fourth-order valence-electron chi connectivity index (χ4n) is 1.81. The molecule has 21 heavy (non-hydrogen) atoms. The van der Waals surface area contributed by atoms with Crippen LogP contribution < -0.4 is 11.1 Å². The lowest BCUT2D eigenvalue weighted by atomic mass is 10.2. The largest absolute Gasteiger partial charge is 0.399 e. The fourth-order valence-corrected chi connectivity index (χ4v) is 2.60. The van der Waals surface area contributed by atoms with E-state index in [1.165, 1.54) is 11.8 Å². The van der Waals surface area contributed by atoms with Gasteiger partial charge in [-0.1, -0.05) is 0 Å². The number of thioether (sulfide) groups is 1. The van der Waals surface area contributed by atoms with Gasteiger partial charge in [-0.15, -0.1) is 11.8 Å². The van der Waals surface area contributed by atoms with Gasteiger partial charge in [0.15, 0.2) is 0 Å². The molecule has 0 saturated carbocycles. The van der Waals surface area contributed by atoms with E-state index >= 15 is 0 Å². The highest BCUT2D eigenvalue weighted by Crippen LogP contribution is 2.22. The molecular formula is C15H17N3O2S. The molecule has 0 unspecified atom stereocenters. The summed E-state index contributed by atoms with van der Waals surface area (Å²) in [5, 5.41) is 2.38. The number of amides is 2. The van der Waals surface area contributed by atoms with Gasteiger partial charge in [-0.3, -0.25) is 14.9 Å². The third kappa shape index (κ3) is 3.88. The van der Waals surface area contributed by atoms with E-state index in [0.29, 0.717) is 5.69 Å². The molecule has 0 radical (unpaired) electrons. The number of carbonyl (C=O) groups is 2. The van der Waals surface area contributed by atoms with Crippen LogP contribution in [0.25, 0.3) is 0 Å². The van der Waals surface area contributed by atoms with Gasteiger partial charge in [0.1, 0.15) is 5.69 Å². The number of carbonyl (C=O) groups excluding carboxylic acids is 2. The highest BCUT2D eigenvalue weighted by Gasteiger charge is 2.12. The Morgan fingerprint density at radius 2 is 2.10 bits per heavy atom. The first-order valence-electron chi connectivity index (χ1n) is 6.42. The quantitative estimate of drug-likeness (QED) is 0.668. The molecule has 2 aromatic rings. The van der Waals surface area contributed by atoms with Gasteiger partial charge in [0, 0.05) is 23.8 Å². The summed E-state index contributed by atoms with van der Waals surface area (Å²) in [5.74, 6) is -0.526. The van der Waals surface area contributed by atoms with Crippen molar-refractivity contribution in [2.45, 2.75) is 11.8 Å². The van der Waals surface area contributed by atoms with Crippen molar-refractivity contribution < 1.29 is 9.59 Å². The molecule has 1 heterocycles. The van der Waals surface area contributed by atoms with Crippen LogP contribution >= 0.6 is 11.8 Å². The SMILES string of the molecule is Cc1cc(SCC(=O)NC(=O)c2cccn2C)ccc1N. The van der Waals surface area contributed by atoms with E-state index in [2.05, 4.69) is 5.32 Å². The van der Waals surface area contributed by atoms with Gasteiger partial charge in [0.2, 0.25) is 5.91 Å². The number of benzene rings is 1. The molecule has 0 spiro atoms. The van der Waals surface area contributed by atoms with Crippen LogP contribution in [0, 0.1) is 6.92 Å². The van der Waals surface area contributed by atoms with Gasteiger partial charge in [-0.25, -0.2) is 0 Å². The third-order valence-corrected chi connectivity index (χ3v) is 4.03. The number of nitrogens with zero attached hydrogens (tertiary/aromatic N) is 1. The Bertz CT molecular complexity index is 679. The van der Waals surface area contributed by atoms with Crippen molar-refractivity contribution in [3.8, 4) is 0 Å². The molecule has 5 nitrogen and oxygen atoms in total. The van der Waals surface area contributed by atoms with Gasteiger partial charge in [0.25, 0.3) is 5.91 Å². The average Bonchev–Trinajstić information content (AvgIpc) is 2.86. The van der Waals surface area contributed by atoms with Gasteiger partial charge in [-0.05, 0) is 42.8 Å². The van der Waals surface area contributed by atoms with Crippen LogP contribution in [0.15, 0.2) is 41.4 Å². The molecule has 0 bridgehead atoms. The van der Waals surface area contributed by atoms with Gasteiger partial charge >= 0.3 is 0 Å². The number of nitrogen functional groups attached to an aromatic ring is 1. The van der Waals surface area contributed by atoms with E-state index in [0.717, 1.165) is 16.1 Å². The van der Waals surface area contributed by atoms with Crippen LogP contribution in [0.3, 0.4) is 0 Å². The topological polar surface area (TPSA) is 77.1 Å². The van der Waals surface area contributed by atoms with E-state index in [4.69, 9.17) is 5.73 Å². The number of nitrogens with two attached hydrogens (primary N) is 1. The first kappa shape index (κ1) is 15.2. The lowest BCUT2D eigenvalue weighted by molar-refractivity contribution is -0.117.